The van der Waals surface area contributed by atoms with Crippen molar-refractivity contribution in [2.45, 2.75) is 31.1 Å². The van der Waals surface area contributed by atoms with Gasteiger partial charge in [-0.05, 0) is 56.2 Å². The highest BCUT2D eigenvalue weighted by Gasteiger charge is 2.21. The number of rotatable bonds is 6. The van der Waals surface area contributed by atoms with E-state index in [9.17, 15) is 4.79 Å². The highest BCUT2D eigenvalue weighted by atomic mass is 32.2. The molecule has 1 unspecified atom stereocenters. The van der Waals surface area contributed by atoms with Gasteiger partial charge in [0.05, 0.1) is 33.7 Å². The lowest BCUT2D eigenvalue weighted by Gasteiger charge is -2.34. The van der Waals surface area contributed by atoms with E-state index in [0.717, 1.165) is 48.5 Å². The first-order valence-corrected chi connectivity index (χ1v) is 11.3. The lowest BCUT2D eigenvalue weighted by Crippen LogP contribution is -2.45. The summed E-state index contributed by atoms with van der Waals surface area (Å²) in [5.41, 5.74) is 3.79. The molecule has 1 fully saturated rings. The van der Waals surface area contributed by atoms with Gasteiger partial charge in [0.2, 0.25) is 5.91 Å². The van der Waals surface area contributed by atoms with E-state index in [1.54, 1.807) is 11.8 Å². The van der Waals surface area contributed by atoms with Crippen LogP contribution < -0.4 is 10.2 Å². The number of thioether (sulfide) groups is 1. The van der Waals surface area contributed by atoms with E-state index in [-0.39, 0.29) is 17.2 Å². The minimum atomic E-state index is 0.0831. The quantitative estimate of drug-likeness (QED) is 0.630. The van der Waals surface area contributed by atoms with E-state index >= 15 is 0 Å². The smallest absolute Gasteiger partial charge is 0.230 e. The maximum absolute atomic E-state index is 12.4. The fourth-order valence-corrected chi connectivity index (χ4v) is 4.50. The van der Waals surface area contributed by atoms with Gasteiger partial charge in [-0.25, -0.2) is 4.98 Å². The van der Waals surface area contributed by atoms with E-state index < -0.39 is 0 Å². The van der Waals surface area contributed by atoms with Crippen molar-refractivity contribution in [3.63, 3.8) is 0 Å². The Kier molecular flexibility index (Phi) is 6.24. The van der Waals surface area contributed by atoms with Crippen molar-refractivity contribution in [2.75, 3.05) is 23.7 Å². The zero-order chi connectivity index (χ0) is 20.9. The summed E-state index contributed by atoms with van der Waals surface area (Å²) in [6.07, 6.45) is 1.85. The summed E-state index contributed by atoms with van der Waals surface area (Å²) in [7, 11) is 0. The van der Waals surface area contributed by atoms with Crippen LogP contribution in [0.5, 0.6) is 0 Å². The molecule has 1 aliphatic heterocycles. The van der Waals surface area contributed by atoms with Gasteiger partial charge < -0.3 is 15.2 Å². The topological polar surface area (TPSA) is 84.8 Å². The molecule has 1 aromatic heterocycles. The molecule has 0 aliphatic carbocycles. The number of hydrogen-bond acceptors (Lipinski definition) is 5. The number of aromatic nitrogens is 2. The second-order valence-electron chi connectivity index (χ2n) is 7.58. The van der Waals surface area contributed by atoms with Crippen molar-refractivity contribution >= 4 is 34.4 Å². The molecule has 30 heavy (non-hydrogen) atoms. The Bertz CT molecular complexity index is 1010. The lowest BCUT2D eigenvalue weighted by molar-refractivity contribution is -0.119. The first-order chi connectivity index (χ1) is 14.6. The summed E-state index contributed by atoms with van der Waals surface area (Å²) in [5.74, 6) is 1.41. The molecule has 2 aromatic carbocycles. The number of nitriles is 1. The summed E-state index contributed by atoms with van der Waals surface area (Å²) in [5, 5.41) is 12.2. The van der Waals surface area contributed by atoms with Crippen LogP contribution in [0, 0.1) is 11.3 Å². The summed E-state index contributed by atoms with van der Waals surface area (Å²) in [4.78, 5) is 22.7. The zero-order valence-electron chi connectivity index (χ0n) is 17.0. The third kappa shape index (κ3) is 4.77. The van der Waals surface area contributed by atoms with E-state index in [4.69, 9.17) is 5.26 Å². The molecule has 6 nitrogen and oxygen atoms in total. The molecule has 4 rings (SSSR count). The molecule has 154 valence electrons. The molecule has 0 spiro atoms. The van der Waals surface area contributed by atoms with Crippen LogP contribution in [-0.4, -0.2) is 40.8 Å². The van der Waals surface area contributed by atoms with E-state index in [2.05, 4.69) is 33.2 Å². The predicted molar refractivity (Wildman–Crippen MR) is 122 cm³/mol. The number of amides is 1. The number of benzene rings is 2. The van der Waals surface area contributed by atoms with Gasteiger partial charge in [-0.15, -0.1) is 11.8 Å². The number of fused-ring (bicyclic) bond motifs is 1. The first-order valence-electron chi connectivity index (χ1n) is 10.2. The second kappa shape index (κ2) is 9.23. The SMILES string of the molecule is CC(SCC(=O)NC1CCN(c2ccc(C#N)cc2)CC1)c1nc2ccccc2[nH]1. The lowest BCUT2D eigenvalue weighted by atomic mass is 10.0. The van der Waals surface area contributed by atoms with E-state index in [1.807, 2.05) is 48.5 Å². The number of piperidine rings is 1. The molecular formula is C23H25N5OS. The van der Waals surface area contributed by atoms with E-state index in [0.29, 0.717) is 11.3 Å². The molecule has 7 heteroatoms. The molecule has 2 N–H and O–H groups in total. The average molecular weight is 420 g/mol. The summed E-state index contributed by atoms with van der Waals surface area (Å²) in [6.45, 7) is 3.88. The molecule has 1 saturated heterocycles. The minimum Gasteiger partial charge on any atom is -0.371 e. The molecule has 1 atom stereocenters. The standard InChI is InChI=1S/C23H25N5OS/c1-16(23-26-20-4-2-3-5-21(20)27-23)30-15-22(29)25-18-10-12-28(13-11-18)19-8-6-17(14-24)7-9-19/h2-9,16,18H,10-13,15H2,1H3,(H,25,29)(H,26,27). The molecule has 0 bridgehead atoms. The zero-order valence-corrected chi connectivity index (χ0v) is 17.8. The number of anilines is 1. The Morgan fingerprint density at radius 3 is 2.70 bits per heavy atom. The van der Waals surface area contributed by atoms with Crippen molar-refractivity contribution in [3.8, 4) is 6.07 Å². The van der Waals surface area contributed by atoms with Gasteiger partial charge >= 0.3 is 0 Å². The Morgan fingerprint density at radius 1 is 1.27 bits per heavy atom. The van der Waals surface area contributed by atoms with Gasteiger partial charge in [0, 0.05) is 24.8 Å². The summed E-state index contributed by atoms with van der Waals surface area (Å²) < 4.78 is 0. The van der Waals surface area contributed by atoms with Crippen LogP contribution in [-0.2, 0) is 4.79 Å². The number of carbonyl (C=O) groups is 1. The summed E-state index contributed by atoms with van der Waals surface area (Å²) >= 11 is 1.60. The Labute approximate surface area is 180 Å². The van der Waals surface area contributed by atoms with Gasteiger partial charge in [0.15, 0.2) is 0 Å². The molecule has 3 aromatic rings. The molecular weight excluding hydrogens is 394 g/mol. The largest absolute Gasteiger partial charge is 0.371 e. The number of aromatic amines is 1. The molecule has 1 aliphatic rings. The number of imidazole rings is 1. The van der Waals surface area contributed by atoms with Crippen LogP contribution >= 0.6 is 11.8 Å². The van der Waals surface area contributed by atoms with Crippen molar-refractivity contribution in [2.24, 2.45) is 0 Å². The Balaban J connectivity index is 1.22. The third-order valence-electron chi connectivity index (χ3n) is 5.48. The first kappa shape index (κ1) is 20.3. The van der Waals surface area contributed by atoms with Crippen molar-refractivity contribution in [1.82, 2.24) is 15.3 Å². The molecule has 0 radical (unpaired) electrons. The fourth-order valence-electron chi connectivity index (χ4n) is 3.74. The van der Waals surface area contributed by atoms with Gasteiger partial charge in [0.1, 0.15) is 5.82 Å². The number of nitrogens with one attached hydrogen (secondary N) is 2. The number of hydrogen-bond donors (Lipinski definition) is 2. The predicted octanol–water partition coefficient (Wildman–Crippen LogP) is 4.01. The van der Waals surface area contributed by atoms with Crippen molar-refractivity contribution in [1.29, 1.82) is 5.26 Å². The maximum Gasteiger partial charge on any atom is 0.230 e. The molecule has 0 saturated carbocycles. The van der Waals surface area contributed by atoms with Gasteiger partial charge in [0.25, 0.3) is 0 Å². The average Bonchev–Trinajstić information content (AvgIpc) is 3.22. The normalized spacial score (nSPS) is 15.7. The molecule has 2 heterocycles. The minimum absolute atomic E-state index is 0.0831. The fraction of sp³-hybridized carbons (Fsp3) is 0.348. The second-order valence-corrected chi connectivity index (χ2v) is 8.91. The monoisotopic (exact) mass is 419 g/mol. The number of carbonyl (C=O) groups excluding carboxylic acids is 1. The van der Waals surface area contributed by atoms with Crippen molar-refractivity contribution < 1.29 is 4.79 Å². The Morgan fingerprint density at radius 2 is 2.00 bits per heavy atom. The Hall–Kier alpha value is -2.98. The molecule has 1 amide bonds. The van der Waals surface area contributed by atoms with Gasteiger partial charge in [-0.3, -0.25) is 4.79 Å². The van der Waals surface area contributed by atoms with Crippen molar-refractivity contribution in [3.05, 3.63) is 59.9 Å². The van der Waals surface area contributed by atoms with Crippen LogP contribution in [0.4, 0.5) is 5.69 Å². The summed E-state index contributed by atoms with van der Waals surface area (Å²) in [6, 6.07) is 18.0. The number of para-hydroxylation sites is 2. The van der Waals surface area contributed by atoms with Gasteiger partial charge in [-0.2, -0.15) is 5.26 Å². The van der Waals surface area contributed by atoms with Crippen LogP contribution in [0.25, 0.3) is 11.0 Å². The van der Waals surface area contributed by atoms with Crippen LogP contribution in [0.3, 0.4) is 0 Å². The van der Waals surface area contributed by atoms with Crippen LogP contribution in [0.2, 0.25) is 0 Å². The third-order valence-corrected chi connectivity index (χ3v) is 6.63. The maximum atomic E-state index is 12.4. The van der Waals surface area contributed by atoms with Crippen LogP contribution in [0.15, 0.2) is 48.5 Å². The number of nitrogens with zero attached hydrogens (tertiary/aromatic N) is 3. The van der Waals surface area contributed by atoms with Gasteiger partial charge in [-0.1, -0.05) is 12.1 Å². The highest BCUT2D eigenvalue weighted by molar-refractivity contribution is 8.00. The highest BCUT2D eigenvalue weighted by Crippen LogP contribution is 2.27. The number of H-pyrrole nitrogens is 1. The van der Waals surface area contributed by atoms with E-state index in [1.165, 1.54) is 0 Å². The van der Waals surface area contributed by atoms with Crippen LogP contribution in [0.1, 0.15) is 36.4 Å².